The standard InChI is InChI=1S/C22H17BrFNO6/c1-28-21(26)15-9-25(13-5-3-12(24)4-6-13)10-16(22(27)29-2)20(15)14-7-18-19(8-17(14)23)31-11-30-18/h3-10,20H,11H2,1-2H3. The monoisotopic (exact) mass is 489 g/mol. The number of hydrogen-bond donors (Lipinski definition) is 0. The van der Waals surface area contributed by atoms with Crippen LogP contribution < -0.4 is 14.4 Å². The van der Waals surface area contributed by atoms with Crippen LogP contribution in [0.25, 0.3) is 0 Å². The van der Waals surface area contributed by atoms with Crippen molar-refractivity contribution in [2.45, 2.75) is 5.92 Å². The van der Waals surface area contributed by atoms with Crippen molar-refractivity contribution in [3.8, 4) is 11.5 Å². The molecule has 0 saturated heterocycles. The molecule has 2 heterocycles. The minimum absolute atomic E-state index is 0.0770. The highest BCUT2D eigenvalue weighted by Gasteiger charge is 2.37. The van der Waals surface area contributed by atoms with Crippen LogP contribution >= 0.6 is 15.9 Å². The number of esters is 2. The highest BCUT2D eigenvalue weighted by Crippen LogP contribution is 2.45. The van der Waals surface area contributed by atoms with Crippen LogP contribution in [0.3, 0.4) is 0 Å². The minimum Gasteiger partial charge on any atom is -0.466 e. The van der Waals surface area contributed by atoms with Gasteiger partial charge >= 0.3 is 11.9 Å². The Morgan fingerprint density at radius 2 is 1.55 bits per heavy atom. The lowest BCUT2D eigenvalue weighted by Gasteiger charge is -2.30. The molecule has 0 aromatic heterocycles. The molecule has 0 bridgehead atoms. The Morgan fingerprint density at radius 3 is 2.10 bits per heavy atom. The van der Waals surface area contributed by atoms with Crippen LogP contribution in [-0.2, 0) is 19.1 Å². The maximum atomic E-state index is 13.4. The van der Waals surface area contributed by atoms with Crippen molar-refractivity contribution in [1.82, 2.24) is 0 Å². The summed E-state index contributed by atoms with van der Waals surface area (Å²) in [5.41, 5.74) is 1.52. The van der Waals surface area contributed by atoms with Crippen LogP contribution in [0, 0.1) is 5.82 Å². The molecule has 2 aliphatic heterocycles. The summed E-state index contributed by atoms with van der Waals surface area (Å²) >= 11 is 3.50. The lowest BCUT2D eigenvalue weighted by molar-refractivity contribution is -0.137. The second-order valence-corrected chi connectivity index (χ2v) is 7.55. The van der Waals surface area contributed by atoms with E-state index in [1.807, 2.05) is 0 Å². The van der Waals surface area contributed by atoms with E-state index >= 15 is 0 Å². The Labute approximate surface area is 185 Å². The molecule has 0 radical (unpaired) electrons. The number of benzene rings is 2. The number of nitrogens with zero attached hydrogens (tertiary/aromatic N) is 1. The van der Waals surface area contributed by atoms with Gasteiger partial charge in [-0.1, -0.05) is 15.9 Å². The van der Waals surface area contributed by atoms with Crippen molar-refractivity contribution in [3.05, 3.63) is 75.8 Å². The van der Waals surface area contributed by atoms with Crippen molar-refractivity contribution in [2.24, 2.45) is 0 Å². The van der Waals surface area contributed by atoms with Gasteiger partial charge in [-0.3, -0.25) is 0 Å². The number of hydrogen-bond acceptors (Lipinski definition) is 7. The van der Waals surface area contributed by atoms with E-state index in [4.69, 9.17) is 18.9 Å². The summed E-state index contributed by atoms with van der Waals surface area (Å²) in [4.78, 5) is 27.1. The summed E-state index contributed by atoms with van der Waals surface area (Å²) in [6.07, 6.45) is 3.10. The lowest BCUT2D eigenvalue weighted by Crippen LogP contribution is -2.28. The normalized spacial score (nSPS) is 15.3. The third-order valence-corrected chi connectivity index (χ3v) is 5.63. The van der Waals surface area contributed by atoms with Gasteiger partial charge in [0.1, 0.15) is 5.82 Å². The second kappa shape index (κ2) is 8.43. The van der Waals surface area contributed by atoms with Crippen molar-refractivity contribution in [1.29, 1.82) is 0 Å². The molecule has 0 amide bonds. The first-order valence-electron chi connectivity index (χ1n) is 9.16. The lowest BCUT2D eigenvalue weighted by atomic mass is 9.83. The Kier molecular flexibility index (Phi) is 5.69. The Bertz CT molecular complexity index is 1080. The first-order valence-corrected chi connectivity index (χ1v) is 9.95. The molecule has 0 atom stereocenters. The molecule has 0 aliphatic carbocycles. The zero-order chi connectivity index (χ0) is 22.1. The van der Waals surface area contributed by atoms with E-state index in [0.29, 0.717) is 27.2 Å². The van der Waals surface area contributed by atoms with E-state index in [1.165, 1.54) is 38.5 Å². The van der Waals surface area contributed by atoms with Gasteiger partial charge in [0.15, 0.2) is 11.5 Å². The van der Waals surface area contributed by atoms with Gasteiger partial charge in [0.05, 0.1) is 31.3 Å². The fourth-order valence-corrected chi connectivity index (χ4v) is 4.03. The quantitative estimate of drug-likeness (QED) is 0.600. The number of ether oxygens (including phenoxy) is 4. The van der Waals surface area contributed by atoms with Crippen LogP contribution in [0.4, 0.5) is 10.1 Å². The molecule has 0 N–H and O–H groups in total. The average molecular weight is 490 g/mol. The van der Waals surface area contributed by atoms with Gasteiger partial charge in [0.2, 0.25) is 6.79 Å². The van der Waals surface area contributed by atoms with Gasteiger partial charge in [-0.15, -0.1) is 0 Å². The molecule has 0 unspecified atom stereocenters. The number of carbonyl (C=O) groups excluding carboxylic acids is 2. The fourth-order valence-electron chi connectivity index (χ4n) is 3.48. The third kappa shape index (κ3) is 3.88. The van der Waals surface area contributed by atoms with Gasteiger partial charge in [-0.05, 0) is 42.0 Å². The maximum absolute atomic E-state index is 13.4. The zero-order valence-corrected chi connectivity index (χ0v) is 18.1. The summed E-state index contributed by atoms with van der Waals surface area (Å²) < 4.78 is 34.9. The van der Waals surface area contributed by atoms with Crippen LogP contribution in [-0.4, -0.2) is 33.0 Å². The zero-order valence-electron chi connectivity index (χ0n) is 16.6. The summed E-state index contributed by atoms with van der Waals surface area (Å²) in [6.45, 7) is 0.0770. The van der Waals surface area contributed by atoms with Gasteiger partial charge in [-0.2, -0.15) is 0 Å². The summed E-state index contributed by atoms with van der Waals surface area (Å²) in [5, 5.41) is 0. The number of rotatable bonds is 4. The maximum Gasteiger partial charge on any atom is 0.336 e. The fraction of sp³-hybridized carbons (Fsp3) is 0.182. The number of anilines is 1. The van der Waals surface area contributed by atoms with Crippen molar-refractivity contribution >= 4 is 33.6 Å². The Hall–Kier alpha value is -3.33. The van der Waals surface area contributed by atoms with Crippen LogP contribution in [0.5, 0.6) is 11.5 Å². The number of halogens is 2. The summed E-state index contributed by atoms with van der Waals surface area (Å²) in [5.74, 6) is -1.43. The molecule has 9 heteroatoms. The van der Waals surface area contributed by atoms with Crippen LogP contribution in [0.1, 0.15) is 11.5 Å². The molecule has 7 nitrogen and oxygen atoms in total. The molecule has 160 valence electrons. The molecular weight excluding hydrogens is 473 g/mol. The summed E-state index contributed by atoms with van der Waals surface area (Å²) in [7, 11) is 2.51. The first kappa shape index (κ1) is 20.9. The molecule has 4 rings (SSSR count). The van der Waals surface area contributed by atoms with Crippen LogP contribution in [0.2, 0.25) is 0 Å². The Balaban J connectivity index is 1.89. The second-order valence-electron chi connectivity index (χ2n) is 6.70. The van der Waals surface area contributed by atoms with Gasteiger partial charge < -0.3 is 23.8 Å². The van der Waals surface area contributed by atoms with E-state index < -0.39 is 23.7 Å². The smallest absolute Gasteiger partial charge is 0.336 e. The molecule has 2 aromatic rings. The predicted octanol–water partition coefficient (Wildman–Crippen LogP) is 4.03. The van der Waals surface area contributed by atoms with Crippen molar-refractivity contribution in [3.63, 3.8) is 0 Å². The molecular formula is C22H17BrFNO6. The van der Waals surface area contributed by atoms with E-state index in [2.05, 4.69) is 15.9 Å². The average Bonchev–Trinajstić information content (AvgIpc) is 3.24. The van der Waals surface area contributed by atoms with Crippen molar-refractivity contribution in [2.75, 3.05) is 25.9 Å². The van der Waals surface area contributed by atoms with Gasteiger partial charge in [-0.25, -0.2) is 14.0 Å². The SMILES string of the molecule is COC(=O)C1=CN(c2ccc(F)cc2)C=C(C(=O)OC)C1c1cc2c(cc1Br)OCO2. The Morgan fingerprint density at radius 1 is 1.00 bits per heavy atom. The third-order valence-electron chi connectivity index (χ3n) is 4.95. The van der Waals surface area contributed by atoms with Crippen LogP contribution in [0.15, 0.2) is 64.4 Å². The van der Waals surface area contributed by atoms with E-state index in [0.717, 1.165) is 0 Å². The number of fused-ring (bicyclic) bond motifs is 1. The predicted molar refractivity (Wildman–Crippen MR) is 112 cm³/mol. The minimum atomic E-state index is -0.805. The van der Waals surface area contributed by atoms with E-state index in [9.17, 15) is 14.0 Å². The summed E-state index contributed by atoms with van der Waals surface area (Å²) in [6, 6.07) is 9.05. The van der Waals surface area contributed by atoms with E-state index in [1.54, 1.807) is 29.4 Å². The van der Waals surface area contributed by atoms with E-state index in [-0.39, 0.29) is 17.9 Å². The number of carbonyl (C=O) groups is 2. The number of methoxy groups -OCH3 is 2. The molecule has 0 fully saturated rings. The molecule has 31 heavy (non-hydrogen) atoms. The largest absolute Gasteiger partial charge is 0.466 e. The topological polar surface area (TPSA) is 74.3 Å². The first-order chi connectivity index (χ1) is 14.9. The highest BCUT2D eigenvalue weighted by atomic mass is 79.9. The van der Waals surface area contributed by atoms with Crippen molar-refractivity contribution < 1.29 is 32.9 Å². The molecule has 2 aliphatic rings. The highest BCUT2D eigenvalue weighted by molar-refractivity contribution is 9.10. The van der Waals surface area contributed by atoms with Gasteiger partial charge in [0, 0.05) is 22.6 Å². The molecule has 0 saturated carbocycles. The molecule has 0 spiro atoms. The van der Waals surface area contributed by atoms with Gasteiger partial charge in [0.25, 0.3) is 0 Å². The molecule has 2 aromatic carbocycles.